The summed E-state index contributed by atoms with van der Waals surface area (Å²) >= 11 is 1.17. The standard InChI is InChI=1S/C83H103N17O25S/c1-42-70(99-78(117)59(37-65(84)105)89-67(107)40-87-71(110)57(88-43(2)101)33-44-13-19-48(102)20-14-44)81(120)93-56(29-32-126-3)75(114)90-53-11-6-7-30-85-66(106)27-25-54(74(113)97-62(83(122)123)35-46-17-23-50(104)24-18-46)91-73(112)55-26-28-68(108)124-41-63(98-80(119)64-12-8-31-100(64)82(121)61(96-72(53)111)34-45-15-21-49(103)22-16-45)79(118)95-60(38-69(109)125-42)77(116)94-58(76(115)92-55)36-47-39-86-52-10-5-4-9-51(47)52/h4-5,9-10,13-24,39,42,53-64,70,86,102-104H,6-8,11-12,25-38,40-41H2,1-3H3,(H2,84,105)(H,85,106)(H,87,110)(H,88,101)(H,89,107)(H,90,114)(H,91,112)(H,92,115)(H,93,120)(H,94,116)(H,95,118)(H,96,111)(H,97,113)(H,98,119)(H,99,117)(H,122,123). The fourth-order valence-corrected chi connectivity index (χ4v) is 15.0. The molecule has 4 fully saturated rings. The molecule has 14 atom stereocenters. The van der Waals surface area contributed by atoms with Crippen LogP contribution in [0.25, 0.3) is 10.9 Å². The molecule has 9 rings (SSSR count). The fraction of sp³-hybridized carbons (Fsp3) is 0.458. The van der Waals surface area contributed by atoms with Gasteiger partial charge in [-0.1, -0.05) is 54.6 Å². The van der Waals surface area contributed by atoms with Crippen LogP contribution in [0.5, 0.6) is 17.2 Å². The van der Waals surface area contributed by atoms with Crippen molar-refractivity contribution < 1.29 is 121 Å². The van der Waals surface area contributed by atoms with E-state index in [0.717, 1.165) is 18.7 Å². The minimum atomic E-state index is -2.31. The van der Waals surface area contributed by atoms with Gasteiger partial charge in [-0.25, -0.2) is 4.79 Å². The van der Waals surface area contributed by atoms with Crippen LogP contribution in [0.15, 0.2) is 103 Å². The number of aromatic nitrogens is 1. The molecule has 1 aromatic heterocycles. The van der Waals surface area contributed by atoms with E-state index in [9.17, 15) is 63.6 Å². The smallest absolute Gasteiger partial charge is 0.326 e. The predicted octanol–water partition coefficient (Wildman–Crippen LogP) is -4.03. The highest BCUT2D eigenvalue weighted by Gasteiger charge is 2.44. The molecule has 4 aliphatic rings. The lowest BCUT2D eigenvalue weighted by Gasteiger charge is -2.31. The molecule has 0 spiro atoms. The molecular weight excluding hydrogens is 1670 g/mol. The second kappa shape index (κ2) is 46.0. The molecule has 0 aliphatic carbocycles. The molecule has 676 valence electrons. The highest BCUT2D eigenvalue weighted by atomic mass is 32.2. The number of aromatic hydroxyl groups is 3. The van der Waals surface area contributed by atoms with Gasteiger partial charge in [-0.3, -0.25) is 86.3 Å². The van der Waals surface area contributed by atoms with E-state index in [4.69, 9.17) is 15.2 Å². The van der Waals surface area contributed by atoms with E-state index in [1.165, 1.54) is 90.8 Å². The van der Waals surface area contributed by atoms with Gasteiger partial charge >= 0.3 is 17.9 Å². The number of aliphatic carboxylic acids is 1. The van der Waals surface area contributed by atoms with Crippen LogP contribution in [0.3, 0.4) is 0 Å². The number of carbonyl (C=O) groups excluding carboxylic acids is 18. The van der Waals surface area contributed by atoms with Crippen LogP contribution in [0, 0.1) is 0 Å². The Kier molecular flexibility index (Phi) is 35.0. The number of aromatic amines is 1. The van der Waals surface area contributed by atoms with Gasteiger partial charge < -0.3 is 120 Å². The molecule has 21 N–H and O–H groups in total. The first-order chi connectivity index (χ1) is 60.1. The number of para-hydroxylation sites is 1. The first kappa shape index (κ1) is 95.9. The maximum absolute atomic E-state index is 15.6. The number of amides is 16. The number of primary amides is 1. The topological polar surface area (TPSA) is 637 Å². The van der Waals surface area contributed by atoms with Crippen molar-refractivity contribution in [3.8, 4) is 17.2 Å². The molecule has 43 heteroatoms. The molecule has 42 nitrogen and oxygen atoms in total. The van der Waals surface area contributed by atoms with Crippen LogP contribution in [0.2, 0.25) is 0 Å². The fourth-order valence-electron chi connectivity index (χ4n) is 14.5. The highest BCUT2D eigenvalue weighted by molar-refractivity contribution is 7.98. The Morgan fingerprint density at radius 3 is 1.81 bits per heavy atom. The summed E-state index contributed by atoms with van der Waals surface area (Å²) in [6.07, 6.45) is -6.15. The zero-order chi connectivity index (χ0) is 91.4. The van der Waals surface area contributed by atoms with Gasteiger partial charge in [-0.05, 0) is 135 Å². The van der Waals surface area contributed by atoms with Crippen LogP contribution < -0.4 is 80.2 Å². The van der Waals surface area contributed by atoms with Crippen molar-refractivity contribution in [3.05, 3.63) is 126 Å². The Labute approximate surface area is 725 Å². The van der Waals surface area contributed by atoms with Crippen LogP contribution in [-0.4, -0.2) is 266 Å². The largest absolute Gasteiger partial charge is 0.508 e. The summed E-state index contributed by atoms with van der Waals surface area (Å²) in [6, 6.07) is -1.08. The summed E-state index contributed by atoms with van der Waals surface area (Å²) in [7, 11) is 0. The number of hydrogen-bond donors (Lipinski definition) is 20. The summed E-state index contributed by atoms with van der Waals surface area (Å²) < 4.78 is 11.5. The lowest BCUT2D eigenvalue weighted by Crippen LogP contribution is -2.62. The number of nitrogens with two attached hydrogens (primary N) is 1. The number of cyclic esters (lactones) is 1. The minimum Gasteiger partial charge on any atom is -0.508 e. The number of H-pyrrole nitrogens is 1. The van der Waals surface area contributed by atoms with Crippen LogP contribution in [0.1, 0.15) is 113 Å². The lowest BCUT2D eigenvalue weighted by atomic mass is 10.0. The molecule has 126 heavy (non-hydrogen) atoms. The molecule has 14 unspecified atom stereocenters. The molecule has 16 amide bonds. The van der Waals surface area contributed by atoms with Gasteiger partial charge in [0.15, 0.2) is 0 Å². The Bertz CT molecular complexity index is 4860. The van der Waals surface area contributed by atoms with Gasteiger partial charge in [0.25, 0.3) is 0 Å². The minimum absolute atomic E-state index is 0.00697. The van der Waals surface area contributed by atoms with E-state index < -0.39 is 255 Å². The summed E-state index contributed by atoms with van der Waals surface area (Å²) in [4.78, 5) is 281. The average Bonchev–Trinajstić information content (AvgIpc) is 1.67. The quantitative estimate of drug-likeness (QED) is 0.0277. The third kappa shape index (κ3) is 28.6. The normalized spacial score (nSPS) is 23.4. The molecule has 4 aliphatic heterocycles. The number of phenolic OH excluding ortho intramolecular Hbond substituents is 3. The van der Waals surface area contributed by atoms with E-state index >= 15 is 47.9 Å². The number of phenols is 3. The Morgan fingerprint density at radius 2 is 1.16 bits per heavy atom. The van der Waals surface area contributed by atoms with E-state index in [1.54, 1.807) is 30.5 Å². The lowest BCUT2D eigenvalue weighted by molar-refractivity contribution is -0.154. The van der Waals surface area contributed by atoms with Crippen molar-refractivity contribution in [3.63, 3.8) is 0 Å². The molecule has 0 radical (unpaired) electrons. The summed E-state index contributed by atoms with van der Waals surface area (Å²) in [5.74, 6) is -22.9. The van der Waals surface area contributed by atoms with Crippen LogP contribution in [0.4, 0.5) is 0 Å². The number of esters is 2. The monoisotopic (exact) mass is 1770 g/mol. The molecular formula is C83H103N17O25S. The van der Waals surface area contributed by atoms with Gasteiger partial charge in [-0.2, -0.15) is 11.8 Å². The van der Waals surface area contributed by atoms with Gasteiger partial charge in [0.1, 0.15) is 109 Å². The third-order valence-corrected chi connectivity index (χ3v) is 21.8. The Morgan fingerprint density at radius 1 is 0.571 bits per heavy atom. The number of thioether (sulfide) groups is 1. The molecule has 0 saturated carbocycles. The van der Waals surface area contributed by atoms with Crippen molar-refractivity contribution in [1.82, 2.24) is 84.3 Å². The number of carbonyl (C=O) groups is 19. The number of carboxylic acid groups (broad SMARTS) is 1. The summed E-state index contributed by atoms with van der Waals surface area (Å²) in [6.45, 7) is -0.305. The number of ether oxygens (including phenoxy) is 2. The van der Waals surface area contributed by atoms with Gasteiger partial charge in [0.05, 0.1) is 19.4 Å². The van der Waals surface area contributed by atoms with Crippen molar-refractivity contribution in [2.75, 3.05) is 38.2 Å². The van der Waals surface area contributed by atoms with E-state index in [-0.39, 0.29) is 93.9 Å². The second-order valence-corrected chi connectivity index (χ2v) is 31.8. The molecule has 4 bridgehead atoms. The average molecular weight is 1770 g/mol. The van der Waals surface area contributed by atoms with Gasteiger partial charge in [0.2, 0.25) is 94.5 Å². The first-order valence-corrected chi connectivity index (χ1v) is 42.2. The summed E-state index contributed by atoms with van der Waals surface area (Å²) in [5, 5.41) is 75.8. The Balaban J connectivity index is 1.17. The van der Waals surface area contributed by atoms with E-state index in [1.807, 2.05) is 0 Å². The van der Waals surface area contributed by atoms with E-state index in [2.05, 4.69) is 79.4 Å². The van der Waals surface area contributed by atoms with Crippen molar-refractivity contribution >= 4 is 135 Å². The van der Waals surface area contributed by atoms with Crippen molar-refractivity contribution in [2.45, 2.75) is 201 Å². The third-order valence-electron chi connectivity index (χ3n) is 21.2. The molecule has 5 heterocycles. The second-order valence-electron chi connectivity index (χ2n) is 30.8. The van der Waals surface area contributed by atoms with Crippen LogP contribution in [-0.2, 0) is 126 Å². The summed E-state index contributed by atoms with van der Waals surface area (Å²) in [5.41, 5.74) is 7.58. The maximum Gasteiger partial charge on any atom is 0.326 e. The molecule has 4 aromatic carbocycles. The number of fused-ring (bicyclic) bond motifs is 13. The molecule has 5 aromatic rings. The van der Waals surface area contributed by atoms with Gasteiger partial charge in [-0.15, -0.1) is 0 Å². The Hall–Kier alpha value is -13.9. The zero-order valence-electron chi connectivity index (χ0n) is 69.0. The number of rotatable bonds is 23. The highest BCUT2D eigenvalue weighted by Crippen LogP contribution is 2.25. The molecule has 4 saturated heterocycles. The van der Waals surface area contributed by atoms with Crippen molar-refractivity contribution in [1.29, 1.82) is 0 Å². The number of nitrogens with zero attached hydrogens (tertiary/aromatic N) is 1. The predicted molar refractivity (Wildman–Crippen MR) is 445 cm³/mol. The first-order valence-electron chi connectivity index (χ1n) is 40.8. The number of benzene rings is 4. The van der Waals surface area contributed by atoms with Crippen molar-refractivity contribution in [2.24, 2.45) is 5.73 Å². The number of hydrogen-bond acceptors (Lipinski definition) is 25. The van der Waals surface area contributed by atoms with E-state index in [0.29, 0.717) is 33.2 Å². The van der Waals surface area contributed by atoms with Gasteiger partial charge in [0, 0.05) is 75.6 Å². The zero-order valence-corrected chi connectivity index (χ0v) is 69.9. The number of carboxylic acids is 1. The SMILES string of the molecule is CSCCC1NC(=O)C(NC(=O)C(CC(N)=O)NC(=O)CNC(=O)C(Cc2ccc(O)cc2)NC(C)=O)C(C)OC(=O)CC2NC(=O)C3COC(=O)CCC(NC(=O)C(Cc4c[nH]c5ccccc45)NC2=O)C(=O)NC(C(=O)NC(Cc2ccc(O)cc2)C(=O)O)CCC(=O)NCCCCC(NC1=O)C(=O)NC(Cc1ccc(O)cc1)C(=O)N1CCCC1C(=O)N3. The van der Waals surface area contributed by atoms with Crippen LogP contribution >= 0.6 is 11.8 Å². The maximum atomic E-state index is 15.6. The number of nitrogens with one attached hydrogen (secondary N) is 15.